The van der Waals surface area contributed by atoms with E-state index in [-0.39, 0.29) is 9.52 Å². The molecule has 3 heteroatoms. The van der Waals surface area contributed by atoms with E-state index in [1.807, 2.05) is 0 Å². The van der Waals surface area contributed by atoms with Crippen LogP contribution in [0.1, 0.15) is 32.6 Å². The lowest BCUT2D eigenvalue weighted by molar-refractivity contribution is 0.357. The van der Waals surface area contributed by atoms with Crippen LogP contribution in [-0.2, 0) is 0 Å². The van der Waals surface area contributed by atoms with Crippen molar-refractivity contribution in [2.24, 2.45) is 0 Å². The van der Waals surface area contributed by atoms with Gasteiger partial charge in [0.05, 0.1) is 0 Å². The predicted octanol–water partition coefficient (Wildman–Crippen LogP) is 2.09. The topological polar surface area (TPSA) is 6.48 Å². The zero-order valence-electron chi connectivity index (χ0n) is 11.5. The van der Waals surface area contributed by atoms with Crippen LogP contribution in [0.3, 0.4) is 0 Å². The smallest absolute Gasteiger partial charge is 0.0315 e. The maximum Gasteiger partial charge on any atom is 0.0315 e. The van der Waals surface area contributed by atoms with Crippen molar-refractivity contribution in [3.05, 3.63) is 12.3 Å². The van der Waals surface area contributed by atoms with Crippen LogP contribution < -0.4 is 0 Å². The summed E-state index contributed by atoms with van der Waals surface area (Å²) in [7, 11) is 0.0380. The van der Waals surface area contributed by atoms with Crippen molar-refractivity contribution in [2.45, 2.75) is 44.2 Å². The molecule has 0 aromatic heterocycles. The third-order valence-corrected chi connectivity index (χ3v) is 6.45. The summed E-state index contributed by atoms with van der Waals surface area (Å²) in [6.07, 6.45) is 5.61. The number of hydrogen-bond donors (Lipinski definition) is 0. The standard InChI is InChI=1S/C14H28N2Si/c1-13(16-9-5-6-10-16)14(2)17-12-11-15-7-3-4-8-15/h14H,1,3-12,17H2,2H3. The van der Waals surface area contributed by atoms with Crippen molar-refractivity contribution in [3.63, 3.8) is 0 Å². The lowest BCUT2D eigenvalue weighted by Gasteiger charge is -2.26. The van der Waals surface area contributed by atoms with Crippen LogP contribution in [0, 0.1) is 0 Å². The average molecular weight is 252 g/mol. The largest absolute Gasteiger partial charge is 0.375 e. The highest BCUT2D eigenvalue weighted by molar-refractivity contribution is 6.38. The van der Waals surface area contributed by atoms with Gasteiger partial charge in [-0.05, 0) is 56.9 Å². The first kappa shape index (κ1) is 13.2. The summed E-state index contributed by atoms with van der Waals surface area (Å²) >= 11 is 0. The van der Waals surface area contributed by atoms with Gasteiger partial charge >= 0.3 is 0 Å². The van der Waals surface area contributed by atoms with E-state index in [1.165, 1.54) is 70.1 Å². The number of allylic oxidation sites excluding steroid dienone is 1. The van der Waals surface area contributed by atoms with E-state index in [0.717, 1.165) is 5.54 Å². The molecule has 0 amide bonds. The third-order valence-electron chi connectivity index (χ3n) is 4.39. The first-order valence-corrected chi connectivity index (χ1v) is 9.25. The quantitative estimate of drug-likeness (QED) is 0.668. The normalized spacial score (nSPS) is 23.9. The summed E-state index contributed by atoms with van der Waals surface area (Å²) in [4.78, 5) is 5.19. The van der Waals surface area contributed by atoms with E-state index in [1.54, 1.807) is 0 Å². The number of likely N-dealkylation sites (tertiary alicyclic amines) is 2. The molecule has 0 aromatic carbocycles. The van der Waals surface area contributed by atoms with Crippen LogP contribution in [0.25, 0.3) is 0 Å². The van der Waals surface area contributed by atoms with Gasteiger partial charge in [0.1, 0.15) is 0 Å². The van der Waals surface area contributed by atoms with Crippen molar-refractivity contribution in [3.8, 4) is 0 Å². The fourth-order valence-corrected chi connectivity index (χ4v) is 4.94. The van der Waals surface area contributed by atoms with Gasteiger partial charge in [-0.3, -0.25) is 0 Å². The van der Waals surface area contributed by atoms with Crippen molar-refractivity contribution in [1.29, 1.82) is 0 Å². The lowest BCUT2D eigenvalue weighted by atomic mass is 10.3. The Morgan fingerprint density at radius 1 is 1.12 bits per heavy atom. The van der Waals surface area contributed by atoms with Crippen LogP contribution in [0.5, 0.6) is 0 Å². The highest BCUT2D eigenvalue weighted by atomic mass is 28.2. The minimum Gasteiger partial charge on any atom is -0.375 e. The molecule has 0 bridgehead atoms. The summed E-state index contributed by atoms with van der Waals surface area (Å²) < 4.78 is 0. The second-order valence-electron chi connectivity index (χ2n) is 5.78. The van der Waals surface area contributed by atoms with Crippen LogP contribution in [-0.4, -0.2) is 52.0 Å². The number of nitrogens with zero attached hydrogens (tertiary/aromatic N) is 2. The second-order valence-corrected chi connectivity index (χ2v) is 8.29. The molecule has 1 atom stereocenters. The van der Waals surface area contributed by atoms with Gasteiger partial charge in [-0.1, -0.05) is 13.5 Å². The molecular formula is C14H28N2Si. The zero-order valence-corrected chi connectivity index (χ0v) is 12.9. The molecule has 0 spiro atoms. The summed E-state index contributed by atoms with van der Waals surface area (Å²) in [5.74, 6) is 0. The highest BCUT2D eigenvalue weighted by Gasteiger charge is 2.18. The lowest BCUT2D eigenvalue weighted by Crippen LogP contribution is -2.25. The molecule has 0 N–H and O–H groups in total. The Hall–Kier alpha value is -0.283. The van der Waals surface area contributed by atoms with Gasteiger partial charge in [-0.25, -0.2) is 0 Å². The molecule has 0 radical (unpaired) electrons. The molecule has 2 rings (SSSR count). The number of rotatable bonds is 6. The molecule has 17 heavy (non-hydrogen) atoms. The molecule has 0 aromatic rings. The van der Waals surface area contributed by atoms with E-state index in [4.69, 9.17) is 0 Å². The van der Waals surface area contributed by atoms with E-state index in [0.29, 0.717) is 0 Å². The van der Waals surface area contributed by atoms with Gasteiger partial charge in [0.15, 0.2) is 0 Å². The first-order chi connectivity index (χ1) is 8.27. The van der Waals surface area contributed by atoms with E-state index < -0.39 is 0 Å². The first-order valence-electron chi connectivity index (χ1n) is 7.43. The maximum atomic E-state index is 4.33. The number of hydrogen-bond acceptors (Lipinski definition) is 2. The minimum absolute atomic E-state index is 0.0380. The Morgan fingerprint density at radius 2 is 1.71 bits per heavy atom. The monoisotopic (exact) mass is 252 g/mol. The van der Waals surface area contributed by atoms with Gasteiger partial charge in [-0.15, -0.1) is 0 Å². The molecule has 0 saturated carbocycles. The molecule has 2 heterocycles. The third kappa shape index (κ3) is 3.85. The molecule has 0 aliphatic carbocycles. The van der Waals surface area contributed by atoms with Crippen molar-refractivity contribution < 1.29 is 0 Å². The van der Waals surface area contributed by atoms with Crippen molar-refractivity contribution >= 4 is 9.52 Å². The molecular weight excluding hydrogens is 224 g/mol. The average Bonchev–Trinajstić information content (AvgIpc) is 3.00. The van der Waals surface area contributed by atoms with Gasteiger partial charge in [0, 0.05) is 28.3 Å². The van der Waals surface area contributed by atoms with E-state index in [9.17, 15) is 0 Å². The van der Waals surface area contributed by atoms with Gasteiger partial charge in [0.2, 0.25) is 0 Å². The second kappa shape index (κ2) is 6.60. The molecule has 2 saturated heterocycles. The van der Waals surface area contributed by atoms with E-state index >= 15 is 0 Å². The Morgan fingerprint density at radius 3 is 2.35 bits per heavy atom. The predicted molar refractivity (Wildman–Crippen MR) is 78.4 cm³/mol. The Kier molecular flexibility index (Phi) is 5.10. The highest BCUT2D eigenvalue weighted by Crippen LogP contribution is 2.23. The van der Waals surface area contributed by atoms with Gasteiger partial charge in [-0.2, -0.15) is 0 Å². The molecule has 2 nitrogen and oxygen atoms in total. The Bertz CT molecular complexity index is 243. The van der Waals surface area contributed by atoms with E-state index in [2.05, 4.69) is 23.3 Å². The Labute approximate surface area is 109 Å². The minimum atomic E-state index is 0.0380. The fraction of sp³-hybridized carbons (Fsp3) is 0.857. The Balaban J connectivity index is 1.62. The summed E-state index contributed by atoms with van der Waals surface area (Å²) in [5, 5.41) is 0. The maximum absolute atomic E-state index is 4.33. The summed E-state index contributed by atoms with van der Waals surface area (Å²) in [6, 6.07) is 1.48. The van der Waals surface area contributed by atoms with Crippen molar-refractivity contribution in [2.75, 3.05) is 32.7 Å². The van der Waals surface area contributed by atoms with Gasteiger partial charge < -0.3 is 9.80 Å². The molecule has 2 fully saturated rings. The molecule has 2 aliphatic heterocycles. The molecule has 2 aliphatic rings. The molecule has 98 valence electrons. The van der Waals surface area contributed by atoms with Crippen LogP contribution in [0.15, 0.2) is 12.3 Å². The summed E-state index contributed by atoms with van der Waals surface area (Å²) in [6.45, 7) is 13.4. The zero-order chi connectivity index (χ0) is 12.1. The fourth-order valence-electron chi connectivity index (χ4n) is 3.11. The van der Waals surface area contributed by atoms with Gasteiger partial charge in [0.25, 0.3) is 0 Å². The van der Waals surface area contributed by atoms with Crippen LogP contribution >= 0.6 is 0 Å². The molecule has 1 unspecified atom stereocenters. The van der Waals surface area contributed by atoms with Crippen LogP contribution in [0.2, 0.25) is 11.6 Å². The SMILES string of the molecule is C=C(C(C)[SiH2]CCN1CCCC1)N1CCCC1. The summed E-state index contributed by atoms with van der Waals surface area (Å²) in [5.41, 5.74) is 2.27. The van der Waals surface area contributed by atoms with Crippen LogP contribution in [0.4, 0.5) is 0 Å². The van der Waals surface area contributed by atoms with Crippen molar-refractivity contribution in [1.82, 2.24) is 9.80 Å².